The van der Waals surface area contributed by atoms with Crippen LogP contribution in [-0.2, 0) is 0 Å². The molecule has 0 saturated carbocycles. The van der Waals surface area contributed by atoms with E-state index in [9.17, 15) is 9.90 Å². The Balaban J connectivity index is 2.49. The first-order valence-corrected chi connectivity index (χ1v) is 6.98. The molecule has 3 aromatic carbocycles. The Kier molecular flexibility index (Phi) is 3.70. The number of hydrogen-bond donors (Lipinski definition) is 1. The third-order valence-electron chi connectivity index (χ3n) is 3.89. The fourth-order valence-corrected chi connectivity index (χ4v) is 2.77. The number of rotatable bonds is 4. The minimum Gasteiger partial charge on any atom is -0.497 e. The number of aromatic carboxylic acids is 1. The van der Waals surface area contributed by atoms with E-state index in [4.69, 9.17) is 14.2 Å². The van der Waals surface area contributed by atoms with E-state index >= 15 is 0 Å². The first-order chi connectivity index (χ1) is 11.1. The summed E-state index contributed by atoms with van der Waals surface area (Å²) in [5, 5.41) is 12.6. The maximum atomic E-state index is 11.6. The van der Waals surface area contributed by atoms with Crippen LogP contribution >= 0.6 is 0 Å². The lowest BCUT2D eigenvalue weighted by Gasteiger charge is -2.13. The Morgan fingerprint density at radius 1 is 0.826 bits per heavy atom. The molecule has 0 fully saturated rings. The van der Waals surface area contributed by atoms with Crippen molar-refractivity contribution in [3.8, 4) is 17.2 Å². The van der Waals surface area contributed by atoms with Crippen LogP contribution in [0, 0.1) is 0 Å². The highest BCUT2D eigenvalue weighted by Gasteiger charge is 2.15. The molecule has 23 heavy (non-hydrogen) atoms. The van der Waals surface area contributed by atoms with Gasteiger partial charge in [-0.3, -0.25) is 0 Å². The Bertz CT molecular complexity index is 914. The second-order valence-electron chi connectivity index (χ2n) is 5.07. The molecule has 0 aliphatic carbocycles. The molecule has 118 valence electrons. The number of methoxy groups -OCH3 is 3. The number of ether oxygens (including phenoxy) is 3. The number of carboxylic acids is 1. The zero-order valence-corrected chi connectivity index (χ0v) is 13.0. The van der Waals surface area contributed by atoms with Gasteiger partial charge in [0.2, 0.25) is 0 Å². The van der Waals surface area contributed by atoms with Crippen molar-refractivity contribution in [2.24, 2.45) is 0 Å². The van der Waals surface area contributed by atoms with Crippen molar-refractivity contribution in [2.45, 2.75) is 0 Å². The second kappa shape index (κ2) is 5.68. The van der Waals surface area contributed by atoms with Gasteiger partial charge in [-0.15, -0.1) is 0 Å². The highest BCUT2D eigenvalue weighted by atomic mass is 16.5. The first kappa shape index (κ1) is 15.0. The number of fused-ring (bicyclic) bond motifs is 3. The summed E-state index contributed by atoms with van der Waals surface area (Å²) in [4.78, 5) is 11.6. The molecule has 0 radical (unpaired) electrons. The molecule has 0 aliphatic heterocycles. The van der Waals surface area contributed by atoms with Gasteiger partial charge in [-0.25, -0.2) is 4.79 Å². The molecule has 0 saturated heterocycles. The molecule has 3 rings (SSSR count). The normalized spacial score (nSPS) is 10.7. The molecule has 0 atom stereocenters. The van der Waals surface area contributed by atoms with Crippen molar-refractivity contribution < 1.29 is 24.1 Å². The van der Waals surface area contributed by atoms with Crippen LogP contribution in [0.1, 0.15) is 10.4 Å². The van der Waals surface area contributed by atoms with Crippen LogP contribution in [0.5, 0.6) is 17.2 Å². The van der Waals surface area contributed by atoms with Gasteiger partial charge in [0.1, 0.15) is 5.75 Å². The molecule has 0 amide bonds. The van der Waals surface area contributed by atoms with Crippen LogP contribution in [0.25, 0.3) is 21.5 Å². The molecule has 0 unspecified atom stereocenters. The van der Waals surface area contributed by atoms with E-state index in [0.717, 1.165) is 16.2 Å². The van der Waals surface area contributed by atoms with Gasteiger partial charge >= 0.3 is 5.97 Å². The Labute approximate surface area is 133 Å². The molecule has 0 aliphatic rings. The zero-order valence-electron chi connectivity index (χ0n) is 13.0. The van der Waals surface area contributed by atoms with Crippen molar-refractivity contribution in [2.75, 3.05) is 21.3 Å². The van der Waals surface area contributed by atoms with Gasteiger partial charge in [-0.05, 0) is 57.9 Å². The minimum absolute atomic E-state index is 0.238. The molecule has 3 aromatic rings. The van der Waals surface area contributed by atoms with Crippen molar-refractivity contribution in [3.63, 3.8) is 0 Å². The maximum Gasteiger partial charge on any atom is 0.336 e. The second-order valence-corrected chi connectivity index (χ2v) is 5.07. The topological polar surface area (TPSA) is 65.0 Å². The molecule has 0 spiro atoms. The largest absolute Gasteiger partial charge is 0.497 e. The van der Waals surface area contributed by atoms with E-state index in [2.05, 4.69) is 0 Å². The maximum absolute atomic E-state index is 11.6. The van der Waals surface area contributed by atoms with Crippen LogP contribution < -0.4 is 14.2 Å². The van der Waals surface area contributed by atoms with Gasteiger partial charge in [-0.2, -0.15) is 0 Å². The summed E-state index contributed by atoms with van der Waals surface area (Å²) in [5.41, 5.74) is 0.238. The van der Waals surface area contributed by atoms with Gasteiger partial charge in [0.15, 0.2) is 11.5 Å². The van der Waals surface area contributed by atoms with Crippen LogP contribution in [-0.4, -0.2) is 32.4 Å². The molecule has 0 heterocycles. The third kappa shape index (κ3) is 2.40. The van der Waals surface area contributed by atoms with Crippen LogP contribution in [0.3, 0.4) is 0 Å². The highest BCUT2D eigenvalue weighted by molar-refractivity contribution is 6.16. The van der Waals surface area contributed by atoms with Crippen LogP contribution in [0.4, 0.5) is 0 Å². The summed E-state index contributed by atoms with van der Waals surface area (Å²) in [6, 6.07) is 10.6. The summed E-state index contributed by atoms with van der Waals surface area (Å²) < 4.78 is 15.9. The lowest BCUT2D eigenvalue weighted by molar-refractivity contribution is 0.0699. The SMILES string of the molecule is COc1ccc2c(C(=O)O)cc3cc(OC)c(OC)cc3c2c1. The number of carbonyl (C=O) groups is 1. The highest BCUT2D eigenvalue weighted by Crippen LogP contribution is 2.38. The Hall–Kier alpha value is -2.95. The summed E-state index contributed by atoms with van der Waals surface area (Å²) in [6.45, 7) is 0. The lowest BCUT2D eigenvalue weighted by Crippen LogP contribution is -1.99. The van der Waals surface area contributed by atoms with E-state index in [1.165, 1.54) is 0 Å². The summed E-state index contributed by atoms with van der Waals surface area (Å²) >= 11 is 0. The number of hydrogen-bond acceptors (Lipinski definition) is 4. The average Bonchev–Trinajstić information content (AvgIpc) is 2.58. The van der Waals surface area contributed by atoms with Crippen molar-refractivity contribution in [1.82, 2.24) is 0 Å². The quantitative estimate of drug-likeness (QED) is 0.744. The van der Waals surface area contributed by atoms with E-state index in [1.807, 2.05) is 12.1 Å². The van der Waals surface area contributed by atoms with E-state index in [-0.39, 0.29) is 5.56 Å². The molecule has 5 nitrogen and oxygen atoms in total. The molecular formula is C18H16O5. The summed E-state index contributed by atoms with van der Waals surface area (Å²) in [7, 11) is 4.69. The van der Waals surface area contributed by atoms with Crippen LogP contribution in [0.15, 0.2) is 36.4 Å². The van der Waals surface area contributed by atoms with Gasteiger partial charge < -0.3 is 19.3 Å². The monoisotopic (exact) mass is 312 g/mol. The minimum atomic E-state index is -0.975. The predicted molar refractivity (Wildman–Crippen MR) is 88.1 cm³/mol. The molecule has 0 bridgehead atoms. The Morgan fingerprint density at radius 3 is 2.13 bits per heavy atom. The van der Waals surface area contributed by atoms with E-state index < -0.39 is 5.97 Å². The molecule has 0 aromatic heterocycles. The van der Waals surface area contributed by atoms with E-state index in [1.54, 1.807) is 45.6 Å². The van der Waals surface area contributed by atoms with Crippen molar-refractivity contribution >= 4 is 27.5 Å². The third-order valence-corrected chi connectivity index (χ3v) is 3.89. The van der Waals surface area contributed by atoms with Gasteiger partial charge in [0.25, 0.3) is 0 Å². The number of benzene rings is 3. The summed E-state index contributed by atoms with van der Waals surface area (Å²) in [6.07, 6.45) is 0. The van der Waals surface area contributed by atoms with E-state index in [0.29, 0.717) is 22.6 Å². The standard InChI is InChI=1S/C18H16O5/c1-21-11-4-5-12-14(8-11)13-9-17(23-3)16(22-2)7-10(13)6-15(12)18(19)20/h4-9H,1-3H3,(H,19,20). The molecule has 5 heteroatoms. The zero-order chi connectivity index (χ0) is 16.6. The van der Waals surface area contributed by atoms with Gasteiger partial charge in [0.05, 0.1) is 26.9 Å². The van der Waals surface area contributed by atoms with Gasteiger partial charge in [0, 0.05) is 0 Å². The fourth-order valence-electron chi connectivity index (χ4n) is 2.77. The molecule has 1 N–H and O–H groups in total. The number of carboxylic acid groups (broad SMARTS) is 1. The fraction of sp³-hybridized carbons (Fsp3) is 0.167. The first-order valence-electron chi connectivity index (χ1n) is 6.98. The van der Waals surface area contributed by atoms with Crippen molar-refractivity contribution in [3.05, 3.63) is 42.0 Å². The predicted octanol–water partition coefficient (Wildman–Crippen LogP) is 3.72. The van der Waals surface area contributed by atoms with Crippen LogP contribution in [0.2, 0.25) is 0 Å². The Morgan fingerprint density at radius 2 is 1.52 bits per heavy atom. The molecular weight excluding hydrogens is 296 g/mol. The lowest BCUT2D eigenvalue weighted by atomic mass is 9.96. The van der Waals surface area contributed by atoms with Crippen molar-refractivity contribution in [1.29, 1.82) is 0 Å². The smallest absolute Gasteiger partial charge is 0.336 e. The average molecular weight is 312 g/mol. The summed E-state index contributed by atoms with van der Waals surface area (Å²) in [5.74, 6) is 0.832. The van der Waals surface area contributed by atoms with Gasteiger partial charge in [-0.1, -0.05) is 0 Å².